The van der Waals surface area contributed by atoms with Gasteiger partial charge in [0.1, 0.15) is 6.26 Å². The van der Waals surface area contributed by atoms with Gasteiger partial charge in [0.2, 0.25) is 5.89 Å². The molecule has 4 aromatic rings. The molecule has 124 valence electrons. The van der Waals surface area contributed by atoms with Crippen LogP contribution in [0.2, 0.25) is 0 Å². The van der Waals surface area contributed by atoms with E-state index in [-0.39, 0.29) is 5.69 Å². The number of ether oxygens (including phenoxy) is 1. The lowest BCUT2D eigenvalue weighted by molar-refractivity contribution is 0.0594. The van der Waals surface area contributed by atoms with Gasteiger partial charge in [-0.25, -0.2) is 9.78 Å². The quantitative estimate of drug-likeness (QED) is 0.527. The molecule has 0 aliphatic heterocycles. The van der Waals surface area contributed by atoms with Gasteiger partial charge in [-0.05, 0) is 35.2 Å². The fraction of sp³-hybridized carbons (Fsp3) is 0.100. The zero-order valence-corrected chi connectivity index (χ0v) is 13.7. The third kappa shape index (κ3) is 2.92. The molecule has 0 aliphatic rings. The van der Waals surface area contributed by atoms with E-state index in [0.717, 1.165) is 12.1 Å². The summed E-state index contributed by atoms with van der Waals surface area (Å²) in [7, 11) is 1.32. The Morgan fingerprint density at radius 2 is 1.92 bits per heavy atom. The van der Waals surface area contributed by atoms with Gasteiger partial charge >= 0.3 is 5.97 Å². The summed E-state index contributed by atoms with van der Waals surface area (Å²) in [5.41, 5.74) is 3.36. The van der Waals surface area contributed by atoms with E-state index in [2.05, 4.69) is 38.7 Å². The van der Waals surface area contributed by atoms with Crippen molar-refractivity contribution in [2.75, 3.05) is 7.11 Å². The van der Waals surface area contributed by atoms with Gasteiger partial charge in [-0.2, -0.15) is 0 Å². The summed E-state index contributed by atoms with van der Waals surface area (Å²) < 4.78 is 12.2. The van der Waals surface area contributed by atoms with Crippen molar-refractivity contribution in [2.45, 2.75) is 6.54 Å². The Morgan fingerprint density at radius 1 is 1.12 bits per heavy atom. The number of methoxy groups -OCH3 is 1. The summed E-state index contributed by atoms with van der Waals surface area (Å²) in [5.74, 6) is -0.107. The topological polar surface area (TPSA) is 57.3 Å². The number of fused-ring (bicyclic) bond motifs is 1. The van der Waals surface area contributed by atoms with Crippen molar-refractivity contribution >= 4 is 16.9 Å². The highest BCUT2D eigenvalue weighted by Gasteiger charge is 2.13. The van der Waals surface area contributed by atoms with Gasteiger partial charge in [0.15, 0.2) is 5.69 Å². The average Bonchev–Trinajstić information content (AvgIpc) is 3.30. The SMILES string of the molecule is COC(=O)c1coc(-c2ccc(Cn3ccc4ccccc43)cc2)n1. The number of carbonyl (C=O) groups is 1. The monoisotopic (exact) mass is 332 g/mol. The first kappa shape index (κ1) is 15.2. The predicted octanol–water partition coefficient (Wildman–Crippen LogP) is 4.13. The van der Waals surface area contributed by atoms with E-state index in [1.165, 1.54) is 29.8 Å². The Labute approximate surface area is 144 Å². The van der Waals surface area contributed by atoms with Crippen molar-refractivity contribution in [3.8, 4) is 11.5 Å². The Hall–Kier alpha value is -3.34. The number of para-hydroxylation sites is 1. The van der Waals surface area contributed by atoms with Gasteiger partial charge in [0, 0.05) is 23.8 Å². The van der Waals surface area contributed by atoms with Crippen LogP contribution < -0.4 is 0 Å². The van der Waals surface area contributed by atoms with Gasteiger partial charge < -0.3 is 13.7 Å². The van der Waals surface area contributed by atoms with Crippen LogP contribution in [0, 0.1) is 0 Å². The molecule has 0 saturated carbocycles. The Bertz CT molecular complexity index is 1030. The average molecular weight is 332 g/mol. The highest BCUT2D eigenvalue weighted by Crippen LogP contribution is 2.21. The molecule has 4 rings (SSSR count). The minimum Gasteiger partial charge on any atom is -0.464 e. The van der Waals surface area contributed by atoms with Crippen LogP contribution in [0.1, 0.15) is 16.1 Å². The van der Waals surface area contributed by atoms with Crippen molar-refractivity contribution in [3.05, 3.63) is 78.3 Å². The van der Waals surface area contributed by atoms with Gasteiger partial charge in [-0.3, -0.25) is 0 Å². The third-order valence-electron chi connectivity index (χ3n) is 4.13. The molecule has 5 heteroatoms. The fourth-order valence-electron chi connectivity index (χ4n) is 2.83. The van der Waals surface area contributed by atoms with Crippen molar-refractivity contribution in [2.24, 2.45) is 0 Å². The zero-order valence-electron chi connectivity index (χ0n) is 13.7. The van der Waals surface area contributed by atoms with Crippen LogP contribution in [0.4, 0.5) is 0 Å². The minimum absolute atomic E-state index is 0.167. The molecule has 0 amide bonds. The van der Waals surface area contributed by atoms with Crippen LogP contribution in [-0.4, -0.2) is 22.6 Å². The molecule has 25 heavy (non-hydrogen) atoms. The molecule has 0 unspecified atom stereocenters. The van der Waals surface area contributed by atoms with Crippen LogP contribution >= 0.6 is 0 Å². The maximum absolute atomic E-state index is 11.4. The van der Waals surface area contributed by atoms with E-state index in [1.54, 1.807) is 0 Å². The molecule has 0 saturated heterocycles. The van der Waals surface area contributed by atoms with E-state index in [9.17, 15) is 4.79 Å². The summed E-state index contributed by atoms with van der Waals surface area (Å²) in [5, 5.41) is 1.23. The summed E-state index contributed by atoms with van der Waals surface area (Å²) in [6.07, 6.45) is 3.40. The number of esters is 1. The molecule has 0 spiro atoms. The lowest BCUT2D eigenvalue weighted by atomic mass is 10.1. The Kier molecular flexibility index (Phi) is 3.82. The van der Waals surface area contributed by atoms with Crippen LogP contribution in [-0.2, 0) is 11.3 Å². The normalized spacial score (nSPS) is 10.9. The Morgan fingerprint density at radius 3 is 2.72 bits per heavy atom. The van der Waals surface area contributed by atoms with Crippen LogP contribution in [0.25, 0.3) is 22.4 Å². The second kappa shape index (κ2) is 6.28. The largest absolute Gasteiger partial charge is 0.464 e. The Balaban J connectivity index is 1.56. The molecule has 0 fully saturated rings. The zero-order chi connectivity index (χ0) is 17.2. The number of hydrogen-bond acceptors (Lipinski definition) is 4. The summed E-state index contributed by atoms with van der Waals surface area (Å²) >= 11 is 0. The smallest absolute Gasteiger partial charge is 0.360 e. The number of oxazole rings is 1. The molecule has 0 radical (unpaired) electrons. The van der Waals surface area contributed by atoms with Gasteiger partial charge in [-0.1, -0.05) is 30.3 Å². The maximum atomic E-state index is 11.4. The summed E-state index contributed by atoms with van der Waals surface area (Å²) in [4.78, 5) is 15.6. The van der Waals surface area contributed by atoms with Crippen LogP contribution in [0.15, 0.2) is 71.5 Å². The molecule has 0 bridgehead atoms. The molecular weight excluding hydrogens is 316 g/mol. The van der Waals surface area contributed by atoms with Gasteiger partial charge in [0.25, 0.3) is 0 Å². The lowest BCUT2D eigenvalue weighted by Gasteiger charge is -2.06. The number of carbonyl (C=O) groups excluding carboxylic acids is 1. The predicted molar refractivity (Wildman–Crippen MR) is 94.3 cm³/mol. The maximum Gasteiger partial charge on any atom is 0.360 e. The van der Waals surface area contributed by atoms with E-state index in [4.69, 9.17) is 4.42 Å². The van der Waals surface area contributed by atoms with E-state index in [1.807, 2.05) is 36.4 Å². The molecule has 5 nitrogen and oxygen atoms in total. The first-order valence-corrected chi connectivity index (χ1v) is 7.91. The highest BCUT2D eigenvalue weighted by molar-refractivity contribution is 5.87. The van der Waals surface area contributed by atoms with Crippen LogP contribution in [0.5, 0.6) is 0 Å². The second-order valence-electron chi connectivity index (χ2n) is 5.73. The fourth-order valence-corrected chi connectivity index (χ4v) is 2.83. The second-order valence-corrected chi connectivity index (χ2v) is 5.73. The van der Waals surface area contributed by atoms with Crippen LogP contribution in [0.3, 0.4) is 0 Å². The number of hydrogen-bond donors (Lipinski definition) is 0. The molecule has 0 aliphatic carbocycles. The van der Waals surface area contributed by atoms with Crippen molar-refractivity contribution < 1.29 is 13.9 Å². The van der Waals surface area contributed by atoms with Crippen molar-refractivity contribution in [3.63, 3.8) is 0 Å². The van der Waals surface area contributed by atoms with Crippen molar-refractivity contribution in [1.29, 1.82) is 0 Å². The number of benzene rings is 2. The minimum atomic E-state index is -0.508. The molecule has 2 aromatic heterocycles. The first-order valence-electron chi connectivity index (χ1n) is 7.91. The number of nitrogens with zero attached hydrogens (tertiary/aromatic N) is 2. The van der Waals surface area contributed by atoms with E-state index >= 15 is 0 Å². The first-order chi connectivity index (χ1) is 12.2. The summed E-state index contributed by atoms with van der Waals surface area (Å²) in [6.45, 7) is 0.785. The van der Waals surface area contributed by atoms with E-state index < -0.39 is 5.97 Å². The molecule has 0 N–H and O–H groups in total. The number of rotatable bonds is 4. The lowest BCUT2D eigenvalue weighted by Crippen LogP contribution is -2.01. The standard InChI is InChI=1S/C20H16N2O3/c1-24-20(23)17-13-25-19(21-17)16-8-6-14(7-9-16)12-22-11-10-15-4-2-3-5-18(15)22/h2-11,13H,12H2,1H3. The third-order valence-corrected chi connectivity index (χ3v) is 4.13. The molecule has 0 atom stereocenters. The van der Waals surface area contributed by atoms with Gasteiger partial charge in [0.05, 0.1) is 7.11 Å². The molecular formula is C20H16N2O3. The molecule has 2 aromatic carbocycles. The van der Waals surface area contributed by atoms with E-state index in [0.29, 0.717) is 5.89 Å². The number of aromatic nitrogens is 2. The molecule has 2 heterocycles. The summed E-state index contributed by atoms with van der Waals surface area (Å²) in [6, 6.07) is 18.4. The van der Waals surface area contributed by atoms with Crippen molar-refractivity contribution in [1.82, 2.24) is 9.55 Å². The van der Waals surface area contributed by atoms with Gasteiger partial charge in [-0.15, -0.1) is 0 Å². The highest BCUT2D eigenvalue weighted by atomic mass is 16.5.